The fraction of sp³-hybridized carbons (Fsp3) is 0.0526. The van der Waals surface area contributed by atoms with Gasteiger partial charge in [0.25, 0.3) is 10.0 Å². The van der Waals surface area contributed by atoms with E-state index in [4.69, 9.17) is 7.85 Å². The molecule has 0 unspecified atom stereocenters. The fourth-order valence-corrected chi connectivity index (χ4v) is 4.28. The van der Waals surface area contributed by atoms with E-state index in [9.17, 15) is 21.6 Å². The lowest BCUT2D eigenvalue weighted by atomic mass is 9.91. The number of rotatable bonds is 6. The van der Waals surface area contributed by atoms with Crippen molar-refractivity contribution in [3.8, 4) is 0 Å². The number of ketones is 1. The monoisotopic (exact) mass is 426 g/mol. The van der Waals surface area contributed by atoms with Crippen LogP contribution >= 0.6 is 0 Å². The van der Waals surface area contributed by atoms with Crippen LogP contribution in [0.5, 0.6) is 0 Å². The second kappa shape index (κ2) is 7.80. The van der Waals surface area contributed by atoms with Gasteiger partial charge in [-0.1, -0.05) is 17.6 Å². The van der Waals surface area contributed by atoms with Crippen LogP contribution in [0.1, 0.15) is 15.9 Å². The van der Waals surface area contributed by atoms with Gasteiger partial charge >= 0.3 is 0 Å². The van der Waals surface area contributed by atoms with Crippen molar-refractivity contribution in [3.05, 3.63) is 78.1 Å². The third kappa shape index (κ3) is 4.72. The quantitative estimate of drug-likeness (QED) is 0.470. The van der Waals surface area contributed by atoms with Crippen molar-refractivity contribution in [3.63, 3.8) is 0 Å². The lowest BCUT2D eigenvalue weighted by molar-refractivity contribution is 0.103. The summed E-state index contributed by atoms with van der Waals surface area (Å²) >= 11 is 0. The third-order valence-electron chi connectivity index (χ3n) is 4.04. The van der Waals surface area contributed by atoms with Crippen LogP contribution in [0.3, 0.4) is 0 Å². The molecule has 3 aromatic rings. The topological polar surface area (TPSA) is 110 Å². The second-order valence-electron chi connectivity index (χ2n) is 6.22. The number of sulfone groups is 1. The first kappa shape index (κ1) is 20.8. The minimum atomic E-state index is -4.08. The largest absolute Gasteiger partial charge is 0.289 e. The first-order chi connectivity index (χ1) is 13.6. The summed E-state index contributed by atoms with van der Waals surface area (Å²) < 4.78 is 51.0. The number of hydrogen-bond acceptors (Lipinski definition) is 6. The van der Waals surface area contributed by atoms with Crippen LogP contribution in [-0.2, 0) is 19.9 Å². The van der Waals surface area contributed by atoms with E-state index in [1.807, 2.05) is 0 Å². The van der Waals surface area contributed by atoms with E-state index in [0.717, 1.165) is 6.26 Å². The maximum Gasteiger partial charge on any atom is 0.261 e. The van der Waals surface area contributed by atoms with E-state index < -0.39 is 25.6 Å². The number of nitrogens with zero attached hydrogens (tertiary/aromatic N) is 1. The van der Waals surface area contributed by atoms with Crippen LogP contribution in [-0.4, -0.2) is 41.7 Å². The Bertz CT molecular complexity index is 1270. The van der Waals surface area contributed by atoms with Gasteiger partial charge in [0.2, 0.25) is 0 Å². The zero-order valence-electron chi connectivity index (χ0n) is 15.2. The Morgan fingerprint density at radius 2 is 1.48 bits per heavy atom. The van der Waals surface area contributed by atoms with Crippen LogP contribution in [0.15, 0.2) is 76.8 Å². The summed E-state index contributed by atoms with van der Waals surface area (Å²) in [6.07, 6.45) is 3.93. The van der Waals surface area contributed by atoms with Gasteiger partial charge in [-0.15, -0.1) is 0 Å². The molecule has 0 aliphatic rings. The highest BCUT2D eigenvalue weighted by Gasteiger charge is 2.20. The van der Waals surface area contributed by atoms with Gasteiger partial charge in [0.05, 0.1) is 15.5 Å². The summed E-state index contributed by atoms with van der Waals surface area (Å²) in [7, 11) is -1.76. The molecule has 2 radical (unpaired) electrons. The van der Waals surface area contributed by atoms with Crippen LogP contribution in [0, 0.1) is 0 Å². The van der Waals surface area contributed by atoms with Gasteiger partial charge in [0.15, 0.2) is 15.6 Å². The highest BCUT2D eigenvalue weighted by molar-refractivity contribution is 7.92. The van der Waals surface area contributed by atoms with Crippen molar-refractivity contribution in [1.82, 2.24) is 4.98 Å². The van der Waals surface area contributed by atoms with E-state index in [1.54, 1.807) is 0 Å². The number of pyridine rings is 1. The SMILES string of the molecule is [B]c1ccc(NS(=O)(=O)c2ccc(S(C)(=O)=O)cc2)c(C(=O)c2ccncc2)c1. The van der Waals surface area contributed by atoms with Gasteiger partial charge in [0, 0.05) is 29.8 Å². The smallest absolute Gasteiger partial charge is 0.261 e. The van der Waals surface area contributed by atoms with Crippen molar-refractivity contribution < 1.29 is 21.6 Å². The van der Waals surface area contributed by atoms with Gasteiger partial charge in [-0.3, -0.25) is 14.5 Å². The first-order valence-electron chi connectivity index (χ1n) is 8.25. The molecule has 0 fully saturated rings. The average molecular weight is 426 g/mol. The number of sulfonamides is 1. The molecular formula is C19H15BN2O5S2. The fourth-order valence-electron chi connectivity index (χ4n) is 2.57. The lowest BCUT2D eigenvalue weighted by Crippen LogP contribution is -2.18. The van der Waals surface area contributed by atoms with E-state index in [2.05, 4.69) is 9.71 Å². The molecule has 1 aromatic heterocycles. The molecule has 10 heteroatoms. The molecule has 2 aromatic carbocycles. The van der Waals surface area contributed by atoms with Crippen molar-refractivity contribution >= 4 is 44.6 Å². The molecule has 1 heterocycles. The maximum absolute atomic E-state index is 12.8. The number of carbonyl (C=O) groups excluding carboxylic acids is 1. The normalized spacial score (nSPS) is 11.8. The van der Waals surface area contributed by atoms with Crippen LogP contribution in [0.4, 0.5) is 5.69 Å². The van der Waals surface area contributed by atoms with Crippen molar-refractivity contribution in [2.75, 3.05) is 11.0 Å². The van der Waals surface area contributed by atoms with Gasteiger partial charge in [-0.25, -0.2) is 16.8 Å². The molecular weight excluding hydrogens is 411 g/mol. The highest BCUT2D eigenvalue weighted by Crippen LogP contribution is 2.23. The van der Waals surface area contributed by atoms with E-state index in [0.29, 0.717) is 11.0 Å². The summed E-state index contributed by atoms with van der Waals surface area (Å²) in [6.45, 7) is 0. The minimum absolute atomic E-state index is 0.00233. The molecule has 7 nitrogen and oxygen atoms in total. The molecule has 0 amide bonds. The molecule has 0 bridgehead atoms. The lowest BCUT2D eigenvalue weighted by Gasteiger charge is -2.13. The number of benzene rings is 2. The summed E-state index contributed by atoms with van der Waals surface area (Å²) in [6, 6.07) is 12.0. The zero-order chi connectivity index (χ0) is 21.2. The average Bonchev–Trinajstić information content (AvgIpc) is 2.69. The van der Waals surface area contributed by atoms with E-state index >= 15 is 0 Å². The Balaban J connectivity index is 1.98. The summed E-state index contributed by atoms with van der Waals surface area (Å²) in [4.78, 5) is 16.5. The van der Waals surface area contributed by atoms with Gasteiger partial charge in [0.1, 0.15) is 7.85 Å². The van der Waals surface area contributed by atoms with Crippen LogP contribution in [0.2, 0.25) is 0 Å². The number of hydrogen-bond donors (Lipinski definition) is 1. The van der Waals surface area contributed by atoms with Crippen LogP contribution in [0.25, 0.3) is 0 Å². The Labute approximate surface area is 170 Å². The van der Waals surface area contributed by atoms with Crippen molar-refractivity contribution in [2.24, 2.45) is 0 Å². The minimum Gasteiger partial charge on any atom is -0.289 e. The molecule has 3 rings (SSSR count). The third-order valence-corrected chi connectivity index (χ3v) is 6.55. The number of aromatic nitrogens is 1. The highest BCUT2D eigenvalue weighted by atomic mass is 32.2. The Morgan fingerprint density at radius 1 is 0.897 bits per heavy atom. The van der Waals surface area contributed by atoms with Crippen LogP contribution < -0.4 is 10.2 Å². The molecule has 146 valence electrons. The molecule has 0 aliphatic carbocycles. The Kier molecular flexibility index (Phi) is 5.58. The summed E-state index contributed by atoms with van der Waals surface area (Å²) in [5.74, 6) is -0.426. The van der Waals surface area contributed by atoms with Crippen molar-refractivity contribution in [1.29, 1.82) is 0 Å². The summed E-state index contributed by atoms with van der Waals surface area (Å²) in [5.41, 5.74) is 0.743. The summed E-state index contributed by atoms with van der Waals surface area (Å²) in [5, 5.41) is 0. The number of carbonyl (C=O) groups is 1. The van der Waals surface area contributed by atoms with Gasteiger partial charge in [-0.2, -0.15) is 0 Å². The Hall–Kier alpha value is -2.98. The maximum atomic E-state index is 12.8. The Morgan fingerprint density at radius 3 is 2.07 bits per heavy atom. The second-order valence-corrected chi connectivity index (χ2v) is 9.92. The van der Waals surface area contributed by atoms with E-state index in [-0.39, 0.29) is 21.0 Å². The molecule has 1 N–H and O–H groups in total. The predicted octanol–water partition coefficient (Wildman–Crippen LogP) is 1.31. The first-order valence-corrected chi connectivity index (χ1v) is 11.6. The standard InChI is InChI=1S/C19H15BN2O5S2/c1-28(24,25)15-3-5-16(6-4-15)29(26,27)22-18-7-2-14(20)12-17(18)19(23)13-8-10-21-11-9-13/h2-12,22H,1H3. The van der Waals surface area contributed by atoms with E-state index in [1.165, 1.54) is 67.0 Å². The molecule has 0 aliphatic heterocycles. The molecule has 0 spiro atoms. The molecule has 0 saturated carbocycles. The predicted molar refractivity (Wildman–Crippen MR) is 110 cm³/mol. The zero-order valence-corrected chi connectivity index (χ0v) is 16.9. The molecule has 0 saturated heterocycles. The van der Waals surface area contributed by atoms with Crippen molar-refractivity contribution in [2.45, 2.75) is 9.79 Å². The van der Waals surface area contributed by atoms with Gasteiger partial charge < -0.3 is 0 Å². The number of anilines is 1. The molecule has 0 atom stereocenters. The number of nitrogens with one attached hydrogen (secondary N) is 1. The molecule has 29 heavy (non-hydrogen) atoms. The van der Waals surface area contributed by atoms with Gasteiger partial charge in [-0.05, 0) is 42.5 Å².